The summed E-state index contributed by atoms with van der Waals surface area (Å²) in [6.07, 6.45) is -5.67. The molecular weight excluding hydrogens is 137 g/mol. The summed E-state index contributed by atoms with van der Waals surface area (Å²) in [5.74, 6) is 0. The lowest BCUT2D eigenvalue weighted by Crippen LogP contribution is -2.20. The van der Waals surface area contributed by atoms with Gasteiger partial charge in [0.15, 0.2) is 0 Å². The summed E-state index contributed by atoms with van der Waals surface area (Å²) >= 11 is 0. The smallest absolute Gasteiger partial charge is 0.336 e. The molecule has 5 heteroatoms. The molecule has 0 amide bonds. The number of ether oxygens (including phenoxy) is 2. The predicted octanol–water partition coefficient (Wildman–Crippen LogP) is 1.08. The molecule has 2 nitrogen and oxygen atoms in total. The molecule has 0 bridgehead atoms. The van der Waals surface area contributed by atoms with Crippen molar-refractivity contribution in [2.24, 2.45) is 0 Å². The molecule has 0 unspecified atom stereocenters. The first kappa shape index (κ1) is 6.82. The van der Waals surface area contributed by atoms with E-state index in [1.54, 1.807) is 0 Å². The van der Waals surface area contributed by atoms with Crippen LogP contribution in [0.5, 0.6) is 0 Å². The molecule has 1 aliphatic rings. The van der Waals surface area contributed by atoms with Crippen LogP contribution in [0.2, 0.25) is 0 Å². The molecule has 0 atom stereocenters. The second-order valence-electron chi connectivity index (χ2n) is 1.48. The standard InChI is InChI=1S/C4H4F3O2/c5-4(6,7)3-8-1-2-9-3/h1-2H2. The maximum absolute atomic E-state index is 11.5. The van der Waals surface area contributed by atoms with Crippen molar-refractivity contribution in [2.45, 2.75) is 6.18 Å². The first-order chi connectivity index (χ1) is 4.11. The van der Waals surface area contributed by atoms with E-state index in [1.807, 2.05) is 0 Å². The molecule has 1 fully saturated rings. The van der Waals surface area contributed by atoms with E-state index in [9.17, 15) is 13.2 Å². The van der Waals surface area contributed by atoms with Gasteiger partial charge in [-0.1, -0.05) is 0 Å². The van der Waals surface area contributed by atoms with Crippen LogP contribution in [0, 0.1) is 6.29 Å². The van der Waals surface area contributed by atoms with Crippen LogP contribution in [0.4, 0.5) is 13.2 Å². The molecular formula is C4H4F3O2. The Morgan fingerprint density at radius 1 is 1.11 bits per heavy atom. The molecule has 1 heterocycles. The van der Waals surface area contributed by atoms with Crippen LogP contribution < -0.4 is 0 Å². The molecule has 0 aliphatic carbocycles. The number of halogens is 3. The van der Waals surface area contributed by atoms with E-state index < -0.39 is 12.5 Å². The molecule has 9 heavy (non-hydrogen) atoms. The zero-order valence-corrected chi connectivity index (χ0v) is 4.36. The van der Waals surface area contributed by atoms with Gasteiger partial charge in [-0.25, -0.2) is 0 Å². The Morgan fingerprint density at radius 2 is 1.56 bits per heavy atom. The highest BCUT2D eigenvalue weighted by molar-refractivity contribution is 4.79. The minimum atomic E-state index is -4.45. The van der Waals surface area contributed by atoms with Crippen molar-refractivity contribution in [3.05, 3.63) is 6.29 Å². The fraction of sp³-hybridized carbons (Fsp3) is 0.750. The van der Waals surface area contributed by atoms with Crippen molar-refractivity contribution in [2.75, 3.05) is 13.2 Å². The van der Waals surface area contributed by atoms with E-state index in [2.05, 4.69) is 9.47 Å². The molecule has 1 rings (SSSR count). The van der Waals surface area contributed by atoms with Crippen molar-refractivity contribution in [1.29, 1.82) is 0 Å². The summed E-state index contributed by atoms with van der Waals surface area (Å²) in [5.41, 5.74) is 0. The van der Waals surface area contributed by atoms with Crippen LogP contribution >= 0.6 is 0 Å². The van der Waals surface area contributed by atoms with Gasteiger partial charge in [-0.3, -0.25) is 0 Å². The zero-order chi connectivity index (χ0) is 6.91. The third-order valence-electron chi connectivity index (χ3n) is 0.781. The molecule has 1 aliphatic heterocycles. The molecule has 1 radical (unpaired) electrons. The average molecular weight is 141 g/mol. The summed E-state index contributed by atoms with van der Waals surface area (Å²) < 4.78 is 42.6. The van der Waals surface area contributed by atoms with Crippen LogP contribution in [0.3, 0.4) is 0 Å². The second kappa shape index (κ2) is 2.15. The highest BCUT2D eigenvalue weighted by atomic mass is 19.4. The quantitative estimate of drug-likeness (QED) is 0.502. The molecule has 0 aromatic rings. The van der Waals surface area contributed by atoms with E-state index in [-0.39, 0.29) is 13.2 Å². The van der Waals surface area contributed by atoms with Crippen molar-refractivity contribution in [1.82, 2.24) is 0 Å². The number of rotatable bonds is 0. The van der Waals surface area contributed by atoms with E-state index >= 15 is 0 Å². The Labute approximate surface area is 49.6 Å². The van der Waals surface area contributed by atoms with Crippen LogP contribution in [-0.4, -0.2) is 19.4 Å². The minimum Gasteiger partial charge on any atom is -0.336 e. The van der Waals surface area contributed by atoms with Crippen molar-refractivity contribution >= 4 is 0 Å². The molecule has 0 spiro atoms. The molecule has 0 aromatic carbocycles. The molecule has 53 valence electrons. The van der Waals surface area contributed by atoms with Gasteiger partial charge in [0.2, 0.25) is 0 Å². The summed E-state index contributed by atoms with van der Waals surface area (Å²) in [7, 11) is 0. The fourth-order valence-electron chi connectivity index (χ4n) is 0.474. The van der Waals surface area contributed by atoms with Crippen LogP contribution in [-0.2, 0) is 9.47 Å². The lowest BCUT2D eigenvalue weighted by molar-refractivity contribution is -0.205. The van der Waals surface area contributed by atoms with Gasteiger partial charge in [0.25, 0.3) is 0 Å². The Bertz CT molecular complexity index is 94.5. The van der Waals surface area contributed by atoms with Gasteiger partial charge < -0.3 is 9.47 Å². The third-order valence-corrected chi connectivity index (χ3v) is 0.781. The Balaban J connectivity index is 2.42. The van der Waals surface area contributed by atoms with Gasteiger partial charge in [-0.2, -0.15) is 13.2 Å². The minimum absolute atomic E-state index is 0.00512. The van der Waals surface area contributed by atoms with Gasteiger partial charge in [-0.05, 0) is 0 Å². The largest absolute Gasteiger partial charge is 0.449 e. The number of hydrogen-bond donors (Lipinski definition) is 0. The monoisotopic (exact) mass is 141 g/mol. The van der Waals surface area contributed by atoms with Gasteiger partial charge in [0, 0.05) is 0 Å². The molecule has 1 saturated heterocycles. The SMILES string of the molecule is FC(F)(F)[C]1OCCO1. The average Bonchev–Trinajstić information content (AvgIpc) is 2.08. The maximum atomic E-state index is 11.5. The van der Waals surface area contributed by atoms with Crippen molar-refractivity contribution in [3.8, 4) is 0 Å². The third kappa shape index (κ3) is 1.56. The molecule has 0 saturated carbocycles. The summed E-state index contributed by atoms with van der Waals surface area (Å²) in [6, 6.07) is 0. The Hall–Kier alpha value is -0.290. The van der Waals surface area contributed by atoms with Crippen LogP contribution in [0.25, 0.3) is 0 Å². The summed E-state index contributed by atoms with van der Waals surface area (Å²) in [4.78, 5) is 0. The predicted molar refractivity (Wildman–Crippen MR) is 21.2 cm³/mol. The Morgan fingerprint density at radius 3 is 1.78 bits per heavy atom. The lowest BCUT2D eigenvalue weighted by atomic mass is 10.6. The van der Waals surface area contributed by atoms with Gasteiger partial charge >= 0.3 is 12.5 Å². The highest BCUT2D eigenvalue weighted by Gasteiger charge is 2.46. The fourth-order valence-corrected chi connectivity index (χ4v) is 0.474. The molecule has 0 N–H and O–H groups in total. The second-order valence-corrected chi connectivity index (χ2v) is 1.48. The number of hydrogen-bond acceptors (Lipinski definition) is 2. The topological polar surface area (TPSA) is 18.5 Å². The van der Waals surface area contributed by atoms with Crippen molar-refractivity contribution < 1.29 is 22.6 Å². The van der Waals surface area contributed by atoms with Gasteiger partial charge in [-0.15, -0.1) is 0 Å². The van der Waals surface area contributed by atoms with Gasteiger partial charge in [0.1, 0.15) is 0 Å². The normalized spacial score (nSPS) is 23.0. The summed E-state index contributed by atoms with van der Waals surface area (Å²) in [6.45, 7) is -0.0102. The number of alkyl halides is 3. The Kier molecular flexibility index (Phi) is 1.63. The lowest BCUT2D eigenvalue weighted by Gasteiger charge is -2.09. The first-order valence-corrected chi connectivity index (χ1v) is 2.30. The highest BCUT2D eigenvalue weighted by Crippen LogP contribution is 2.32. The zero-order valence-electron chi connectivity index (χ0n) is 4.36. The van der Waals surface area contributed by atoms with Crippen LogP contribution in [0.15, 0.2) is 0 Å². The van der Waals surface area contributed by atoms with E-state index in [4.69, 9.17) is 0 Å². The first-order valence-electron chi connectivity index (χ1n) is 2.30. The molecule has 0 aromatic heterocycles. The summed E-state index contributed by atoms with van der Waals surface area (Å²) in [5, 5.41) is 0. The maximum Gasteiger partial charge on any atom is 0.449 e. The van der Waals surface area contributed by atoms with Crippen LogP contribution in [0.1, 0.15) is 0 Å². The van der Waals surface area contributed by atoms with E-state index in [0.29, 0.717) is 0 Å². The van der Waals surface area contributed by atoms with E-state index in [1.165, 1.54) is 0 Å². The van der Waals surface area contributed by atoms with Gasteiger partial charge in [0.05, 0.1) is 13.2 Å². The van der Waals surface area contributed by atoms with Crippen molar-refractivity contribution in [3.63, 3.8) is 0 Å². The van der Waals surface area contributed by atoms with E-state index in [0.717, 1.165) is 0 Å².